The maximum atomic E-state index is 14.1. The van der Waals surface area contributed by atoms with Crippen molar-refractivity contribution in [1.82, 2.24) is 19.8 Å². The van der Waals surface area contributed by atoms with E-state index in [1.165, 1.54) is 29.5 Å². The van der Waals surface area contributed by atoms with Gasteiger partial charge in [-0.05, 0) is 50.5 Å². The van der Waals surface area contributed by atoms with Crippen molar-refractivity contribution >= 4 is 45.0 Å². The van der Waals surface area contributed by atoms with Crippen LogP contribution in [0.4, 0.5) is 4.39 Å². The van der Waals surface area contributed by atoms with Gasteiger partial charge in [-0.1, -0.05) is 11.6 Å². The molecule has 2 amide bonds. The first-order valence-electron chi connectivity index (χ1n) is 10.6. The molecule has 1 aliphatic heterocycles. The first-order chi connectivity index (χ1) is 15.3. The molecule has 1 aliphatic carbocycles. The van der Waals surface area contributed by atoms with Crippen molar-refractivity contribution in [2.75, 3.05) is 26.2 Å². The zero-order valence-corrected chi connectivity index (χ0v) is 19.4. The van der Waals surface area contributed by atoms with Crippen molar-refractivity contribution in [3.63, 3.8) is 0 Å². The molecular weight excluding hydrogens is 451 g/mol. The Balaban J connectivity index is 1.33. The van der Waals surface area contributed by atoms with Crippen molar-refractivity contribution in [3.8, 4) is 0 Å². The summed E-state index contributed by atoms with van der Waals surface area (Å²) < 4.78 is 14.1. The summed E-state index contributed by atoms with van der Waals surface area (Å²) in [4.78, 5) is 40.3. The number of benzene rings is 1. The fraction of sp³-hybridized carbons (Fsp3) is 0.391. The Hall–Kier alpha value is -2.58. The van der Waals surface area contributed by atoms with Crippen LogP contribution < -0.4 is 0 Å². The number of piperazine rings is 1. The van der Waals surface area contributed by atoms with Crippen LogP contribution in [-0.4, -0.2) is 57.8 Å². The van der Waals surface area contributed by atoms with E-state index in [1.807, 2.05) is 13.8 Å². The number of amides is 2. The molecule has 0 radical (unpaired) electrons. The zero-order chi connectivity index (χ0) is 22.6. The molecule has 0 spiro atoms. The predicted molar refractivity (Wildman–Crippen MR) is 122 cm³/mol. The summed E-state index contributed by atoms with van der Waals surface area (Å²) in [6, 6.07) is 3.95. The summed E-state index contributed by atoms with van der Waals surface area (Å²) >= 11 is 7.34. The highest BCUT2D eigenvalue weighted by atomic mass is 35.5. The lowest BCUT2D eigenvalue weighted by Crippen LogP contribution is -2.50. The van der Waals surface area contributed by atoms with E-state index in [1.54, 1.807) is 9.80 Å². The van der Waals surface area contributed by atoms with Crippen LogP contribution in [0.1, 0.15) is 55.9 Å². The van der Waals surface area contributed by atoms with Gasteiger partial charge in [-0.2, -0.15) is 0 Å². The predicted octanol–water partition coefficient (Wildman–Crippen LogP) is 4.58. The smallest absolute Gasteiger partial charge is 0.264 e. The number of aryl methyl sites for hydroxylation is 2. The molecule has 9 heteroatoms. The van der Waals surface area contributed by atoms with Crippen LogP contribution in [0.5, 0.6) is 0 Å². The fourth-order valence-electron chi connectivity index (χ4n) is 4.18. The van der Waals surface area contributed by atoms with E-state index >= 15 is 0 Å². The van der Waals surface area contributed by atoms with Crippen LogP contribution in [0.3, 0.4) is 0 Å². The molecule has 0 unspecified atom stereocenters. The van der Waals surface area contributed by atoms with E-state index < -0.39 is 11.7 Å². The Labute approximate surface area is 194 Å². The molecule has 2 aliphatic rings. The molecular formula is C23H22ClFN4O2S. The van der Waals surface area contributed by atoms with Gasteiger partial charge in [0.1, 0.15) is 16.5 Å². The van der Waals surface area contributed by atoms with Gasteiger partial charge in [-0.15, -0.1) is 11.3 Å². The number of hydrogen-bond donors (Lipinski definition) is 0. The summed E-state index contributed by atoms with van der Waals surface area (Å²) in [6.45, 7) is 5.37. The molecule has 166 valence electrons. The van der Waals surface area contributed by atoms with Crippen LogP contribution in [0.15, 0.2) is 18.2 Å². The van der Waals surface area contributed by atoms with E-state index in [4.69, 9.17) is 16.6 Å². The highest BCUT2D eigenvalue weighted by Gasteiger charge is 2.31. The molecule has 32 heavy (non-hydrogen) atoms. The van der Waals surface area contributed by atoms with Gasteiger partial charge in [0, 0.05) is 42.5 Å². The van der Waals surface area contributed by atoms with Gasteiger partial charge < -0.3 is 9.80 Å². The van der Waals surface area contributed by atoms with Crippen LogP contribution in [0, 0.1) is 19.7 Å². The van der Waals surface area contributed by atoms with Gasteiger partial charge in [0.15, 0.2) is 0 Å². The molecule has 6 nitrogen and oxygen atoms in total. The third-order valence-electron chi connectivity index (χ3n) is 6.14. The van der Waals surface area contributed by atoms with Crippen LogP contribution in [-0.2, 0) is 0 Å². The first kappa shape index (κ1) is 21.3. The summed E-state index contributed by atoms with van der Waals surface area (Å²) in [5.74, 6) is 0.277. The monoisotopic (exact) mass is 472 g/mol. The Morgan fingerprint density at radius 3 is 2.38 bits per heavy atom. The zero-order valence-electron chi connectivity index (χ0n) is 17.8. The highest BCUT2D eigenvalue weighted by Crippen LogP contribution is 2.40. The molecule has 1 saturated carbocycles. The highest BCUT2D eigenvalue weighted by molar-refractivity contribution is 7.20. The number of carbonyl (C=O) groups excluding carboxylic acids is 2. The second-order valence-electron chi connectivity index (χ2n) is 8.39. The SMILES string of the molecule is Cc1nc(C2CC2)nc2sc(C(=O)N3CCN(C(=O)c4cc(Cl)ccc4F)CC3)c(C)c12. The molecule has 1 saturated heterocycles. The van der Waals surface area contributed by atoms with Crippen molar-refractivity contribution < 1.29 is 14.0 Å². The first-order valence-corrected chi connectivity index (χ1v) is 11.8. The number of hydrogen-bond acceptors (Lipinski definition) is 5. The fourth-order valence-corrected chi connectivity index (χ4v) is 5.55. The van der Waals surface area contributed by atoms with E-state index in [0.29, 0.717) is 42.0 Å². The third kappa shape index (κ3) is 3.75. The number of thiophene rings is 1. The lowest BCUT2D eigenvalue weighted by atomic mass is 10.1. The number of rotatable bonds is 3. The Morgan fingerprint density at radius 1 is 1.06 bits per heavy atom. The number of fused-ring (bicyclic) bond motifs is 1. The lowest BCUT2D eigenvalue weighted by molar-refractivity contribution is 0.0535. The van der Waals surface area contributed by atoms with Crippen molar-refractivity contribution in [3.05, 3.63) is 56.6 Å². The number of carbonyl (C=O) groups is 2. The lowest BCUT2D eigenvalue weighted by Gasteiger charge is -2.34. The number of halogens is 2. The van der Waals surface area contributed by atoms with E-state index in [-0.39, 0.29) is 11.5 Å². The Kier molecular flexibility index (Phi) is 5.37. The topological polar surface area (TPSA) is 66.4 Å². The summed E-state index contributed by atoms with van der Waals surface area (Å²) in [7, 11) is 0. The largest absolute Gasteiger partial charge is 0.335 e. The molecule has 5 rings (SSSR count). The maximum absolute atomic E-state index is 14.1. The summed E-state index contributed by atoms with van der Waals surface area (Å²) in [5.41, 5.74) is 1.79. The quantitative estimate of drug-likeness (QED) is 0.559. The normalized spacial score (nSPS) is 16.6. The molecule has 0 bridgehead atoms. The second kappa shape index (κ2) is 8.08. The average Bonchev–Trinajstić information content (AvgIpc) is 3.58. The van der Waals surface area contributed by atoms with E-state index in [9.17, 15) is 14.0 Å². The van der Waals surface area contributed by atoms with Gasteiger partial charge in [-0.25, -0.2) is 14.4 Å². The van der Waals surface area contributed by atoms with E-state index in [2.05, 4.69) is 4.98 Å². The molecule has 2 fully saturated rings. The minimum Gasteiger partial charge on any atom is -0.335 e. The molecule has 3 aromatic rings. The molecule has 3 heterocycles. The summed E-state index contributed by atoms with van der Waals surface area (Å²) in [6.07, 6.45) is 2.26. The van der Waals surface area contributed by atoms with Gasteiger partial charge >= 0.3 is 0 Å². The number of nitrogens with zero attached hydrogens (tertiary/aromatic N) is 4. The van der Waals surface area contributed by atoms with Gasteiger partial charge in [0.25, 0.3) is 11.8 Å². The van der Waals surface area contributed by atoms with Crippen LogP contribution in [0.25, 0.3) is 10.2 Å². The van der Waals surface area contributed by atoms with Crippen molar-refractivity contribution in [1.29, 1.82) is 0 Å². The minimum absolute atomic E-state index is 0.0434. The Bertz CT molecular complexity index is 1250. The van der Waals surface area contributed by atoms with Gasteiger partial charge in [0.2, 0.25) is 0 Å². The standard InChI is InChI=1S/C23H22ClFN4O2S/c1-12-18-13(2)26-20(14-3-4-14)27-21(18)32-19(12)23(31)29-9-7-28(8-10-29)22(30)16-11-15(24)5-6-17(16)25/h5-6,11,14H,3-4,7-10H2,1-2H3. The van der Waals surface area contributed by atoms with Gasteiger partial charge in [-0.3, -0.25) is 9.59 Å². The molecule has 2 aromatic heterocycles. The number of aromatic nitrogens is 2. The molecule has 1 aromatic carbocycles. The second-order valence-corrected chi connectivity index (χ2v) is 9.82. The minimum atomic E-state index is -0.596. The average molecular weight is 473 g/mol. The Morgan fingerprint density at radius 2 is 1.72 bits per heavy atom. The van der Waals surface area contributed by atoms with Crippen LogP contribution >= 0.6 is 22.9 Å². The molecule has 0 N–H and O–H groups in total. The van der Waals surface area contributed by atoms with Crippen molar-refractivity contribution in [2.45, 2.75) is 32.6 Å². The van der Waals surface area contributed by atoms with Crippen molar-refractivity contribution in [2.24, 2.45) is 0 Å². The van der Waals surface area contributed by atoms with E-state index in [0.717, 1.165) is 40.1 Å². The maximum Gasteiger partial charge on any atom is 0.264 e. The third-order valence-corrected chi connectivity index (χ3v) is 7.55. The summed E-state index contributed by atoms with van der Waals surface area (Å²) in [5, 5.41) is 1.28. The van der Waals surface area contributed by atoms with Crippen LogP contribution in [0.2, 0.25) is 5.02 Å². The van der Waals surface area contributed by atoms with Gasteiger partial charge in [0.05, 0.1) is 16.1 Å². The molecule has 0 atom stereocenters.